The molecule has 3 aromatic rings. The fourth-order valence-electron chi connectivity index (χ4n) is 1.91. The number of hydrogen-bond acceptors (Lipinski definition) is 8. The second kappa shape index (κ2) is 7.58. The maximum Gasteiger partial charge on any atom is 0.269 e. The molecule has 122 valence electrons. The summed E-state index contributed by atoms with van der Waals surface area (Å²) in [4.78, 5) is 18.2. The molecule has 9 heteroatoms. The molecule has 0 amide bonds. The molecule has 0 radical (unpaired) electrons. The standard InChI is InChI=1S/C14H16N6OS.ClH/c1-8(15-3)7-10-19-13(21-20-10)11-9(2)18-14(22-11)12-16-5-4-6-17-12;/h4-6,8,15H,7H2,1-3H3;1H. The van der Waals surface area contributed by atoms with Crippen molar-refractivity contribution >= 4 is 23.7 Å². The van der Waals surface area contributed by atoms with E-state index in [1.807, 2.05) is 14.0 Å². The van der Waals surface area contributed by atoms with Crippen molar-refractivity contribution in [2.24, 2.45) is 0 Å². The fourth-order valence-corrected chi connectivity index (χ4v) is 2.84. The van der Waals surface area contributed by atoms with Crippen LogP contribution >= 0.6 is 23.7 Å². The Morgan fingerprint density at radius 2 is 2.00 bits per heavy atom. The summed E-state index contributed by atoms with van der Waals surface area (Å²) in [5.41, 5.74) is 0.837. The van der Waals surface area contributed by atoms with E-state index in [1.165, 1.54) is 11.3 Å². The molecule has 0 saturated heterocycles. The van der Waals surface area contributed by atoms with E-state index in [2.05, 4.69) is 37.3 Å². The van der Waals surface area contributed by atoms with Gasteiger partial charge < -0.3 is 9.84 Å². The van der Waals surface area contributed by atoms with Crippen molar-refractivity contribution in [3.63, 3.8) is 0 Å². The van der Waals surface area contributed by atoms with Gasteiger partial charge in [0, 0.05) is 24.9 Å². The molecule has 1 atom stereocenters. The molecule has 1 unspecified atom stereocenters. The third kappa shape index (κ3) is 3.90. The highest BCUT2D eigenvalue weighted by atomic mass is 35.5. The molecule has 0 spiro atoms. The van der Waals surface area contributed by atoms with Crippen LogP contribution in [0.1, 0.15) is 18.4 Å². The molecule has 0 fully saturated rings. The number of thiazole rings is 1. The monoisotopic (exact) mass is 352 g/mol. The number of nitrogens with one attached hydrogen (secondary N) is 1. The summed E-state index contributed by atoms with van der Waals surface area (Å²) in [6.07, 6.45) is 4.11. The van der Waals surface area contributed by atoms with Crippen LogP contribution in [0.3, 0.4) is 0 Å². The first-order valence-corrected chi connectivity index (χ1v) is 7.74. The van der Waals surface area contributed by atoms with Crippen LogP contribution < -0.4 is 5.32 Å². The summed E-state index contributed by atoms with van der Waals surface area (Å²) in [6, 6.07) is 2.07. The van der Waals surface area contributed by atoms with Crippen molar-refractivity contribution in [1.29, 1.82) is 0 Å². The van der Waals surface area contributed by atoms with Crippen LogP contribution in [-0.2, 0) is 6.42 Å². The molecular weight excluding hydrogens is 336 g/mol. The van der Waals surface area contributed by atoms with Crippen LogP contribution in [0.15, 0.2) is 23.0 Å². The predicted octanol–water partition coefficient (Wildman–Crippen LogP) is 2.53. The number of aromatic nitrogens is 5. The van der Waals surface area contributed by atoms with Crippen molar-refractivity contribution in [2.75, 3.05) is 7.05 Å². The van der Waals surface area contributed by atoms with Gasteiger partial charge in [0.25, 0.3) is 5.89 Å². The molecule has 0 saturated carbocycles. The zero-order chi connectivity index (χ0) is 15.5. The highest BCUT2D eigenvalue weighted by Gasteiger charge is 2.18. The molecule has 3 rings (SSSR count). The Balaban J connectivity index is 0.00000192. The summed E-state index contributed by atoms with van der Waals surface area (Å²) in [7, 11) is 1.91. The van der Waals surface area contributed by atoms with Gasteiger partial charge in [-0.15, -0.1) is 23.7 Å². The molecule has 1 N–H and O–H groups in total. The Kier molecular flexibility index (Phi) is 5.75. The van der Waals surface area contributed by atoms with E-state index in [9.17, 15) is 0 Å². The lowest BCUT2D eigenvalue weighted by Gasteiger charge is -2.04. The molecule has 3 aromatic heterocycles. The first kappa shape index (κ1) is 17.5. The summed E-state index contributed by atoms with van der Waals surface area (Å²) in [5, 5.41) is 7.92. The van der Waals surface area contributed by atoms with Gasteiger partial charge in [-0.05, 0) is 27.0 Å². The average molecular weight is 353 g/mol. The van der Waals surface area contributed by atoms with Crippen molar-refractivity contribution in [3.05, 3.63) is 30.0 Å². The Labute approximate surface area is 144 Å². The SMILES string of the molecule is CNC(C)Cc1noc(-c2sc(-c3ncccn3)nc2C)n1.Cl. The topological polar surface area (TPSA) is 89.6 Å². The highest BCUT2D eigenvalue weighted by molar-refractivity contribution is 7.18. The molecule has 0 aliphatic rings. The zero-order valence-corrected chi connectivity index (χ0v) is 14.6. The Bertz CT molecular complexity index is 760. The summed E-state index contributed by atoms with van der Waals surface area (Å²) < 4.78 is 5.37. The van der Waals surface area contributed by atoms with Gasteiger partial charge in [-0.1, -0.05) is 5.16 Å². The zero-order valence-electron chi connectivity index (χ0n) is 13.0. The first-order valence-electron chi connectivity index (χ1n) is 6.92. The van der Waals surface area contributed by atoms with Crippen molar-refractivity contribution in [3.8, 4) is 21.6 Å². The molecule has 0 aliphatic heterocycles. The van der Waals surface area contributed by atoms with E-state index in [1.54, 1.807) is 18.5 Å². The van der Waals surface area contributed by atoms with Crippen LogP contribution in [-0.4, -0.2) is 38.2 Å². The Morgan fingerprint density at radius 1 is 1.26 bits per heavy atom. The summed E-state index contributed by atoms with van der Waals surface area (Å²) in [5.74, 6) is 1.78. The minimum Gasteiger partial charge on any atom is -0.333 e. The molecule has 3 heterocycles. The molecule has 7 nitrogen and oxygen atoms in total. The third-order valence-corrected chi connectivity index (χ3v) is 4.34. The van der Waals surface area contributed by atoms with Gasteiger partial charge in [0.1, 0.15) is 4.88 Å². The maximum atomic E-state index is 5.37. The van der Waals surface area contributed by atoms with Crippen molar-refractivity contribution in [1.82, 2.24) is 30.4 Å². The minimum absolute atomic E-state index is 0. The van der Waals surface area contributed by atoms with Gasteiger partial charge in [-0.3, -0.25) is 0 Å². The van der Waals surface area contributed by atoms with E-state index in [4.69, 9.17) is 4.52 Å². The Hall–Kier alpha value is -1.90. The lowest BCUT2D eigenvalue weighted by atomic mass is 10.2. The van der Waals surface area contributed by atoms with E-state index in [-0.39, 0.29) is 12.4 Å². The largest absolute Gasteiger partial charge is 0.333 e. The van der Waals surface area contributed by atoms with E-state index in [0.717, 1.165) is 15.6 Å². The number of rotatable bonds is 5. The van der Waals surface area contributed by atoms with Gasteiger partial charge >= 0.3 is 0 Å². The normalized spacial score (nSPS) is 12.0. The van der Waals surface area contributed by atoms with Crippen LogP contribution in [0.4, 0.5) is 0 Å². The molecule has 0 aliphatic carbocycles. The lowest BCUT2D eigenvalue weighted by Crippen LogP contribution is -2.24. The van der Waals surface area contributed by atoms with Gasteiger partial charge in [0.15, 0.2) is 16.7 Å². The van der Waals surface area contributed by atoms with Crippen LogP contribution in [0.25, 0.3) is 21.6 Å². The quantitative estimate of drug-likeness (QED) is 0.754. The van der Waals surface area contributed by atoms with E-state index in [0.29, 0.717) is 30.0 Å². The van der Waals surface area contributed by atoms with Crippen LogP contribution in [0.5, 0.6) is 0 Å². The minimum atomic E-state index is 0. The van der Waals surface area contributed by atoms with Gasteiger partial charge in [0.2, 0.25) is 0 Å². The van der Waals surface area contributed by atoms with Gasteiger partial charge in [-0.25, -0.2) is 15.0 Å². The molecule has 0 bridgehead atoms. The van der Waals surface area contributed by atoms with E-state index >= 15 is 0 Å². The molecule has 0 aromatic carbocycles. The Morgan fingerprint density at radius 3 is 2.70 bits per heavy atom. The average Bonchev–Trinajstić information content (AvgIpc) is 3.14. The molecule has 23 heavy (non-hydrogen) atoms. The smallest absolute Gasteiger partial charge is 0.269 e. The predicted molar refractivity (Wildman–Crippen MR) is 90.6 cm³/mol. The number of aryl methyl sites for hydroxylation is 1. The van der Waals surface area contributed by atoms with Crippen LogP contribution in [0.2, 0.25) is 0 Å². The lowest BCUT2D eigenvalue weighted by molar-refractivity contribution is 0.418. The van der Waals surface area contributed by atoms with Crippen LogP contribution in [0, 0.1) is 6.92 Å². The second-order valence-electron chi connectivity index (χ2n) is 4.92. The highest BCUT2D eigenvalue weighted by Crippen LogP contribution is 2.32. The van der Waals surface area contributed by atoms with Crippen molar-refractivity contribution in [2.45, 2.75) is 26.3 Å². The number of hydrogen-bond donors (Lipinski definition) is 1. The number of halogens is 1. The van der Waals surface area contributed by atoms with Gasteiger partial charge in [0.05, 0.1) is 5.69 Å². The summed E-state index contributed by atoms with van der Waals surface area (Å²) >= 11 is 1.46. The summed E-state index contributed by atoms with van der Waals surface area (Å²) in [6.45, 7) is 3.98. The molecular formula is C14H17ClN6OS. The van der Waals surface area contributed by atoms with Gasteiger partial charge in [-0.2, -0.15) is 4.98 Å². The maximum absolute atomic E-state index is 5.37. The first-order chi connectivity index (χ1) is 10.7. The van der Waals surface area contributed by atoms with E-state index < -0.39 is 0 Å². The third-order valence-electron chi connectivity index (χ3n) is 3.20. The number of nitrogens with zero attached hydrogens (tertiary/aromatic N) is 5. The fraction of sp³-hybridized carbons (Fsp3) is 0.357. The number of likely N-dealkylation sites (N-methyl/N-ethyl adjacent to an activating group) is 1. The second-order valence-corrected chi connectivity index (χ2v) is 5.91. The van der Waals surface area contributed by atoms with Crippen molar-refractivity contribution < 1.29 is 4.52 Å².